The van der Waals surface area contributed by atoms with Gasteiger partial charge in [0.2, 0.25) is 0 Å². The van der Waals surface area contributed by atoms with Gasteiger partial charge in [0.15, 0.2) is 5.78 Å². The third-order valence-corrected chi connectivity index (χ3v) is 1.50. The van der Waals surface area contributed by atoms with E-state index in [2.05, 4.69) is 6.58 Å². The van der Waals surface area contributed by atoms with Gasteiger partial charge in [-0.15, -0.1) is 0 Å². The zero-order valence-electron chi connectivity index (χ0n) is 6.85. The Labute approximate surface area is 62.4 Å². The van der Waals surface area contributed by atoms with E-state index in [1.807, 2.05) is 20.8 Å². The molecule has 56 valence electrons. The molecule has 1 atom stereocenters. The van der Waals surface area contributed by atoms with Crippen LogP contribution >= 0.6 is 0 Å². The highest BCUT2D eigenvalue weighted by Gasteiger charge is 2.08. The lowest BCUT2D eigenvalue weighted by Gasteiger charge is -2.04. The average Bonchev–Trinajstić information content (AvgIpc) is 1.87. The largest absolute Gasteiger partial charge is 0.294 e. The van der Waals surface area contributed by atoms with Gasteiger partial charge in [-0.05, 0) is 19.9 Å². The molecule has 0 fully saturated rings. The van der Waals surface area contributed by atoms with E-state index in [0.717, 1.165) is 5.57 Å². The fourth-order valence-corrected chi connectivity index (χ4v) is 0.551. The van der Waals surface area contributed by atoms with Gasteiger partial charge in [0, 0.05) is 5.92 Å². The van der Waals surface area contributed by atoms with Gasteiger partial charge < -0.3 is 0 Å². The maximum Gasteiger partial charge on any atom is 0.162 e. The smallest absolute Gasteiger partial charge is 0.162 e. The van der Waals surface area contributed by atoms with E-state index < -0.39 is 0 Å². The first-order valence-electron chi connectivity index (χ1n) is 3.41. The molecule has 0 spiro atoms. The zero-order valence-corrected chi connectivity index (χ0v) is 6.85. The van der Waals surface area contributed by atoms with Crippen molar-refractivity contribution in [3.8, 4) is 0 Å². The van der Waals surface area contributed by atoms with Crippen LogP contribution < -0.4 is 0 Å². The van der Waals surface area contributed by atoms with Crippen LogP contribution in [0.3, 0.4) is 0 Å². The quantitative estimate of drug-likeness (QED) is 0.432. The van der Waals surface area contributed by atoms with Gasteiger partial charge in [0.05, 0.1) is 0 Å². The Kier molecular flexibility index (Phi) is 3.70. The van der Waals surface area contributed by atoms with Gasteiger partial charge in [0.25, 0.3) is 0 Å². The van der Waals surface area contributed by atoms with Crippen LogP contribution in [0, 0.1) is 5.92 Å². The van der Waals surface area contributed by atoms with Crippen LogP contribution in [0.15, 0.2) is 24.3 Å². The molecule has 0 aliphatic heterocycles. The Hall–Kier alpha value is -0.850. The van der Waals surface area contributed by atoms with Crippen molar-refractivity contribution in [3.05, 3.63) is 24.3 Å². The highest BCUT2D eigenvalue weighted by atomic mass is 16.1. The minimum absolute atomic E-state index is 0.0313. The molecular weight excluding hydrogens is 124 g/mol. The van der Waals surface area contributed by atoms with Crippen LogP contribution in [0.5, 0.6) is 0 Å². The van der Waals surface area contributed by atoms with Crippen molar-refractivity contribution in [3.63, 3.8) is 0 Å². The van der Waals surface area contributed by atoms with E-state index in [1.165, 1.54) is 0 Å². The second kappa shape index (κ2) is 4.04. The summed E-state index contributed by atoms with van der Waals surface area (Å²) in [5, 5.41) is 0. The van der Waals surface area contributed by atoms with Crippen molar-refractivity contribution in [1.82, 2.24) is 0 Å². The molecule has 1 heteroatoms. The lowest BCUT2D eigenvalue weighted by molar-refractivity contribution is -0.116. The summed E-state index contributed by atoms with van der Waals surface area (Å²) in [4.78, 5) is 11.0. The molecule has 0 radical (unpaired) electrons. The second-order valence-corrected chi connectivity index (χ2v) is 2.47. The van der Waals surface area contributed by atoms with Crippen molar-refractivity contribution >= 4 is 5.78 Å². The summed E-state index contributed by atoms with van der Waals surface area (Å²) in [7, 11) is 0. The number of carbonyl (C=O) groups is 1. The molecular formula is C9H14O. The summed E-state index contributed by atoms with van der Waals surface area (Å²) in [6.07, 6.45) is 3.33. The average molecular weight is 138 g/mol. The van der Waals surface area contributed by atoms with Gasteiger partial charge in [-0.2, -0.15) is 0 Å². The molecule has 0 saturated heterocycles. The number of carbonyl (C=O) groups excluding carboxylic acids is 1. The Morgan fingerprint density at radius 1 is 1.60 bits per heavy atom. The molecule has 0 aromatic rings. The minimum Gasteiger partial charge on any atom is -0.294 e. The maximum absolute atomic E-state index is 11.0. The Bertz CT molecular complexity index is 166. The molecule has 1 unspecified atom stereocenters. The summed E-state index contributed by atoms with van der Waals surface area (Å²) in [5.74, 6) is 0.103. The molecule has 0 rings (SSSR count). The molecule has 1 nitrogen and oxygen atoms in total. The molecule has 0 saturated carbocycles. The van der Waals surface area contributed by atoms with Crippen LogP contribution in [-0.2, 0) is 4.79 Å². The second-order valence-electron chi connectivity index (χ2n) is 2.47. The molecule has 0 amide bonds. The number of hydrogen-bond acceptors (Lipinski definition) is 1. The minimum atomic E-state index is -0.0313. The summed E-state index contributed by atoms with van der Waals surface area (Å²) >= 11 is 0. The number of hydrogen-bond donors (Lipinski definition) is 0. The third kappa shape index (κ3) is 2.62. The fourth-order valence-electron chi connectivity index (χ4n) is 0.551. The predicted molar refractivity (Wildman–Crippen MR) is 43.8 cm³/mol. The Morgan fingerprint density at radius 3 is 2.40 bits per heavy atom. The Morgan fingerprint density at radius 2 is 2.10 bits per heavy atom. The van der Waals surface area contributed by atoms with E-state index in [1.54, 1.807) is 12.2 Å². The topological polar surface area (TPSA) is 17.1 Å². The van der Waals surface area contributed by atoms with Crippen molar-refractivity contribution in [2.75, 3.05) is 0 Å². The number of rotatable bonds is 3. The fraction of sp³-hybridized carbons (Fsp3) is 0.444. The normalized spacial score (nSPS) is 13.5. The molecule has 0 aromatic heterocycles. The van der Waals surface area contributed by atoms with E-state index >= 15 is 0 Å². The monoisotopic (exact) mass is 138 g/mol. The standard InChI is InChI=1S/C9H14O/c1-5-6-9(10)8(4)7(2)3/h5-6,8H,2H2,1,3-4H3/b6-5+. The van der Waals surface area contributed by atoms with Crippen molar-refractivity contribution in [1.29, 1.82) is 0 Å². The van der Waals surface area contributed by atoms with Gasteiger partial charge in [-0.25, -0.2) is 0 Å². The number of allylic oxidation sites excluding steroid dienone is 3. The Balaban J connectivity index is 4.08. The first kappa shape index (κ1) is 9.15. The van der Waals surface area contributed by atoms with E-state index in [-0.39, 0.29) is 11.7 Å². The van der Waals surface area contributed by atoms with E-state index in [9.17, 15) is 4.79 Å². The molecule has 0 N–H and O–H groups in total. The number of ketones is 1. The van der Waals surface area contributed by atoms with Gasteiger partial charge in [0.1, 0.15) is 0 Å². The van der Waals surface area contributed by atoms with Crippen molar-refractivity contribution in [2.45, 2.75) is 20.8 Å². The predicted octanol–water partition coefficient (Wildman–Crippen LogP) is 2.34. The van der Waals surface area contributed by atoms with Gasteiger partial charge in [-0.1, -0.05) is 25.2 Å². The van der Waals surface area contributed by atoms with Crippen LogP contribution in [-0.4, -0.2) is 5.78 Å². The van der Waals surface area contributed by atoms with E-state index in [0.29, 0.717) is 0 Å². The lowest BCUT2D eigenvalue weighted by Crippen LogP contribution is -2.07. The van der Waals surface area contributed by atoms with Crippen LogP contribution in [0.25, 0.3) is 0 Å². The van der Waals surface area contributed by atoms with Gasteiger partial charge in [-0.3, -0.25) is 4.79 Å². The van der Waals surface area contributed by atoms with Gasteiger partial charge >= 0.3 is 0 Å². The highest BCUT2D eigenvalue weighted by Crippen LogP contribution is 2.08. The summed E-state index contributed by atoms with van der Waals surface area (Å²) in [6, 6.07) is 0. The molecule has 0 bridgehead atoms. The van der Waals surface area contributed by atoms with Crippen LogP contribution in [0.1, 0.15) is 20.8 Å². The zero-order chi connectivity index (χ0) is 8.15. The molecule has 0 aliphatic rings. The maximum atomic E-state index is 11.0. The SMILES string of the molecule is C=C(C)C(C)C(=O)/C=C/C. The lowest BCUT2D eigenvalue weighted by atomic mass is 9.99. The molecule has 10 heavy (non-hydrogen) atoms. The van der Waals surface area contributed by atoms with Crippen molar-refractivity contribution in [2.24, 2.45) is 5.92 Å². The summed E-state index contributed by atoms with van der Waals surface area (Å²) < 4.78 is 0. The summed E-state index contributed by atoms with van der Waals surface area (Å²) in [6.45, 7) is 9.27. The molecule has 0 aliphatic carbocycles. The molecule has 0 aromatic carbocycles. The highest BCUT2D eigenvalue weighted by molar-refractivity contribution is 5.93. The van der Waals surface area contributed by atoms with Crippen LogP contribution in [0.4, 0.5) is 0 Å². The van der Waals surface area contributed by atoms with Crippen LogP contribution in [0.2, 0.25) is 0 Å². The first-order valence-corrected chi connectivity index (χ1v) is 3.41. The van der Waals surface area contributed by atoms with E-state index in [4.69, 9.17) is 0 Å². The summed E-state index contributed by atoms with van der Waals surface area (Å²) in [5.41, 5.74) is 0.920. The third-order valence-electron chi connectivity index (χ3n) is 1.50. The molecule has 0 heterocycles. The first-order chi connectivity index (χ1) is 4.59. The van der Waals surface area contributed by atoms with Crippen molar-refractivity contribution < 1.29 is 4.79 Å².